The number of nitro groups is 1. The van der Waals surface area contributed by atoms with Crippen molar-refractivity contribution in [2.45, 2.75) is 26.3 Å². The lowest BCUT2D eigenvalue weighted by molar-refractivity contribution is -0.384. The second-order valence-corrected chi connectivity index (χ2v) is 7.02. The van der Waals surface area contributed by atoms with Crippen LogP contribution in [0.15, 0.2) is 48.5 Å². The Morgan fingerprint density at radius 2 is 1.97 bits per heavy atom. The average molecular weight is 453 g/mol. The molecule has 3 rings (SSSR count). The van der Waals surface area contributed by atoms with Crippen molar-refractivity contribution in [2.24, 2.45) is 0 Å². The second kappa shape index (κ2) is 10.4. The molecule has 1 amide bonds. The van der Waals surface area contributed by atoms with E-state index in [0.717, 1.165) is 0 Å². The lowest BCUT2D eigenvalue weighted by Gasteiger charge is -2.19. The monoisotopic (exact) mass is 453 g/mol. The smallest absolute Gasteiger partial charge is 0.308 e. The van der Waals surface area contributed by atoms with Gasteiger partial charge in [0.05, 0.1) is 42.5 Å². The van der Waals surface area contributed by atoms with Gasteiger partial charge in [-0.25, -0.2) is 4.68 Å². The normalized spacial score (nSPS) is 11.5. The number of nitrogens with one attached hydrogen (secondary N) is 1. The highest BCUT2D eigenvalue weighted by molar-refractivity contribution is 5.94. The van der Waals surface area contributed by atoms with Gasteiger partial charge in [-0.15, -0.1) is 5.10 Å². The van der Waals surface area contributed by atoms with E-state index in [9.17, 15) is 19.7 Å². The molecular formula is C22H23N5O6. The van der Waals surface area contributed by atoms with Crippen molar-refractivity contribution < 1.29 is 24.0 Å². The summed E-state index contributed by atoms with van der Waals surface area (Å²) in [4.78, 5) is 35.7. The number of ether oxygens (including phenoxy) is 2. The van der Waals surface area contributed by atoms with E-state index in [1.165, 1.54) is 30.0 Å². The Labute approximate surface area is 189 Å². The van der Waals surface area contributed by atoms with Crippen LogP contribution in [0, 0.1) is 17.0 Å². The summed E-state index contributed by atoms with van der Waals surface area (Å²) >= 11 is 0. The van der Waals surface area contributed by atoms with Crippen LogP contribution in [0.4, 0.5) is 5.69 Å². The Balaban J connectivity index is 1.88. The molecular weight excluding hydrogens is 430 g/mol. The molecule has 0 bridgehead atoms. The number of esters is 1. The molecule has 33 heavy (non-hydrogen) atoms. The van der Waals surface area contributed by atoms with Crippen LogP contribution in [0.3, 0.4) is 0 Å². The van der Waals surface area contributed by atoms with Crippen LogP contribution in [0.5, 0.6) is 5.75 Å². The molecule has 0 fully saturated rings. The van der Waals surface area contributed by atoms with E-state index in [1.807, 2.05) is 0 Å². The molecule has 0 aliphatic carbocycles. The number of aromatic nitrogens is 3. The van der Waals surface area contributed by atoms with Crippen LogP contribution >= 0.6 is 0 Å². The molecule has 0 saturated carbocycles. The summed E-state index contributed by atoms with van der Waals surface area (Å²) in [6, 6.07) is 12.1. The minimum atomic E-state index is -0.700. The first kappa shape index (κ1) is 23.4. The average Bonchev–Trinajstić information content (AvgIpc) is 3.20. The first-order valence-electron chi connectivity index (χ1n) is 10.1. The third-order valence-electron chi connectivity index (χ3n) is 4.87. The Kier molecular flexibility index (Phi) is 7.34. The summed E-state index contributed by atoms with van der Waals surface area (Å²) in [7, 11) is 1.52. The third-order valence-corrected chi connectivity index (χ3v) is 4.87. The van der Waals surface area contributed by atoms with Crippen LogP contribution < -0.4 is 10.1 Å². The first-order chi connectivity index (χ1) is 15.8. The lowest BCUT2D eigenvalue weighted by Crippen LogP contribution is -2.31. The molecule has 1 atom stereocenters. The number of benzene rings is 2. The number of rotatable bonds is 9. The molecule has 0 radical (unpaired) electrons. The number of carbonyl (C=O) groups is 2. The second-order valence-electron chi connectivity index (χ2n) is 7.02. The summed E-state index contributed by atoms with van der Waals surface area (Å²) in [5.41, 5.74) is 1.34. The van der Waals surface area contributed by atoms with Crippen molar-refractivity contribution in [1.29, 1.82) is 0 Å². The fraction of sp³-hybridized carbons (Fsp3) is 0.273. The Morgan fingerprint density at radius 1 is 1.21 bits per heavy atom. The number of methoxy groups -OCH3 is 1. The number of non-ortho nitro benzene ring substituents is 1. The van der Waals surface area contributed by atoms with E-state index in [0.29, 0.717) is 22.7 Å². The predicted octanol–water partition coefficient (Wildman–Crippen LogP) is 2.92. The van der Waals surface area contributed by atoms with E-state index in [1.54, 1.807) is 44.2 Å². The SMILES string of the molecule is CCOC(=O)CC(NC(=O)c1nnn(-c2cccc([N+](=O)[O-])c2)c1C)c1cccc(OC)c1. The topological polar surface area (TPSA) is 138 Å². The van der Waals surface area contributed by atoms with E-state index in [-0.39, 0.29) is 24.4 Å². The summed E-state index contributed by atoms with van der Waals surface area (Å²) < 4.78 is 11.6. The molecule has 2 aromatic carbocycles. The number of hydrogen-bond donors (Lipinski definition) is 1. The van der Waals surface area contributed by atoms with Gasteiger partial charge >= 0.3 is 5.97 Å². The molecule has 0 spiro atoms. The van der Waals surface area contributed by atoms with Crippen LogP contribution in [-0.2, 0) is 9.53 Å². The van der Waals surface area contributed by atoms with Crippen molar-refractivity contribution in [3.63, 3.8) is 0 Å². The summed E-state index contributed by atoms with van der Waals surface area (Å²) in [5.74, 6) is -0.452. The number of hydrogen-bond acceptors (Lipinski definition) is 8. The summed E-state index contributed by atoms with van der Waals surface area (Å²) in [6.45, 7) is 3.54. The van der Waals surface area contributed by atoms with E-state index in [2.05, 4.69) is 15.6 Å². The number of amides is 1. The highest BCUT2D eigenvalue weighted by Crippen LogP contribution is 2.24. The minimum Gasteiger partial charge on any atom is -0.497 e. The zero-order chi connectivity index (χ0) is 24.0. The standard InChI is InChI=1S/C22H23N5O6/c1-4-33-20(28)13-19(15-7-5-10-18(11-15)32-3)23-22(29)21-14(2)26(25-24-21)16-8-6-9-17(12-16)27(30)31/h5-12,19H,4,13H2,1-3H3,(H,23,29). The summed E-state index contributed by atoms with van der Waals surface area (Å²) in [6.07, 6.45) is -0.0924. The molecule has 0 aliphatic heterocycles. The Morgan fingerprint density at radius 3 is 2.67 bits per heavy atom. The van der Waals surface area contributed by atoms with Crippen molar-refractivity contribution in [2.75, 3.05) is 13.7 Å². The zero-order valence-corrected chi connectivity index (χ0v) is 18.3. The maximum Gasteiger partial charge on any atom is 0.308 e. The molecule has 1 aromatic heterocycles. The molecule has 11 nitrogen and oxygen atoms in total. The van der Waals surface area contributed by atoms with Gasteiger partial charge in [-0.05, 0) is 37.6 Å². The van der Waals surface area contributed by atoms with Gasteiger partial charge < -0.3 is 14.8 Å². The Bertz CT molecular complexity index is 1180. The largest absolute Gasteiger partial charge is 0.497 e. The van der Waals surface area contributed by atoms with E-state index in [4.69, 9.17) is 9.47 Å². The highest BCUT2D eigenvalue weighted by atomic mass is 16.6. The van der Waals surface area contributed by atoms with Crippen molar-refractivity contribution >= 4 is 17.6 Å². The maximum atomic E-state index is 13.0. The van der Waals surface area contributed by atoms with Crippen molar-refractivity contribution in [3.8, 4) is 11.4 Å². The molecule has 172 valence electrons. The third kappa shape index (κ3) is 5.50. The Hall–Kier alpha value is -4.28. The number of nitro benzene ring substituents is 1. The minimum absolute atomic E-state index is 0.0262. The fourth-order valence-corrected chi connectivity index (χ4v) is 3.25. The molecule has 0 saturated heterocycles. The van der Waals surface area contributed by atoms with Gasteiger partial charge in [-0.1, -0.05) is 23.4 Å². The molecule has 3 aromatic rings. The quantitative estimate of drug-likeness (QED) is 0.296. The lowest BCUT2D eigenvalue weighted by atomic mass is 10.0. The maximum absolute atomic E-state index is 13.0. The number of carbonyl (C=O) groups excluding carboxylic acids is 2. The van der Waals surface area contributed by atoms with Crippen LogP contribution in [-0.4, -0.2) is 45.5 Å². The highest BCUT2D eigenvalue weighted by Gasteiger charge is 2.24. The molecule has 1 unspecified atom stereocenters. The van der Waals surface area contributed by atoms with Crippen molar-refractivity contribution in [1.82, 2.24) is 20.3 Å². The van der Waals surface area contributed by atoms with Gasteiger partial charge in [0.2, 0.25) is 0 Å². The van der Waals surface area contributed by atoms with Crippen LogP contribution in [0.2, 0.25) is 0 Å². The number of nitrogens with zero attached hydrogens (tertiary/aromatic N) is 4. The molecule has 1 N–H and O–H groups in total. The first-order valence-corrected chi connectivity index (χ1v) is 10.1. The molecule has 0 aliphatic rings. The van der Waals surface area contributed by atoms with Crippen LogP contribution in [0.25, 0.3) is 5.69 Å². The van der Waals surface area contributed by atoms with E-state index >= 15 is 0 Å². The molecule has 11 heteroatoms. The van der Waals surface area contributed by atoms with Gasteiger partial charge in [-0.2, -0.15) is 0 Å². The van der Waals surface area contributed by atoms with Crippen LogP contribution in [0.1, 0.15) is 41.1 Å². The fourth-order valence-electron chi connectivity index (χ4n) is 3.25. The van der Waals surface area contributed by atoms with Gasteiger partial charge in [-0.3, -0.25) is 19.7 Å². The van der Waals surface area contributed by atoms with Gasteiger partial charge in [0, 0.05) is 12.1 Å². The van der Waals surface area contributed by atoms with Crippen molar-refractivity contribution in [3.05, 3.63) is 75.6 Å². The van der Waals surface area contributed by atoms with Gasteiger partial charge in [0.1, 0.15) is 5.75 Å². The summed E-state index contributed by atoms with van der Waals surface area (Å²) in [5, 5.41) is 21.8. The van der Waals surface area contributed by atoms with E-state index < -0.39 is 22.8 Å². The predicted molar refractivity (Wildman–Crippen MR) is 117 cm³/mol. The molecule has 1 heterocycles. The van der Waals surface area contributed by atoms with Gasteiger partial charge in [0.15, 0.2) is 5.69 Å². The van der Waals surface area contributed by atoms with Gasteiger partial charge in [0.25, 0.3) is 11.6 Å². The zero-order valence-electron chi connectivity index (χ0n) is 18.3.